The van der Waals surface area contributed by atoms with E-state index in [9.17, 15) is 4.79 Å². The molecule has 0 spiro atoms. The third kappa shape index (κ3) is 2.28. The van der Waals surface area contributed by atoms with E-state index in [2.05, 4.69) is 0 Å². The van der Waals surface area contributed by atoms with E-state index in [1.807, 2.05) is 60.7 Å². The molecule has 2 nitrogen and oxygen atoms in total. The molecule has 1 heterocycles. The van der Waals surface area contributed by atoms with Gasteiger partial charge in [-0.05, 0) is 30.7 Å². The van der Waals surface area contributed by atoms with Gasteiger partial charge in [0.05, 0.1) is 5.39 Å². The predicted octanol–water partition coefficient (Wildman–Crippen LogP) is 4.27. The van der Waals surface area contributed by atoms with Gasteiger partial charge >= 0.3 is 0 Å². The first-order chi connectivity index (χ1) is 9.75. The number of hydrogen-bond donors (Lipinski definition) is 0. The van der Waals surface area contributed by atoms with Crippen LogP contribution in [0.25, 0.3) is 23.1 Å². The Bertz CT molecular complexity index is 827. The lowest BCUT2D eigenvalue weighted by molar-refractivity contribution is 0.585. The molecule has 0 N–H and O–H groups in total. The largest absolute Gasteiger partial charge is 0.456 e. The van der Waals surface area contributed by atoms with E-state index >= 15 is 0 Å². The summed E-state index contributed by atoms with van der Waals surface area (Å²) in [6.45, 7) is 1.79. The van der Waals surface area contributed by atoms with Crippen molar-refractivity contribution >= 4 is 23.1 Å². The second-order valence-corrected chi connectivity index (χ2v) is 4.66. The van der Waals surface area contributed by atoms with Crippen molar-refractivity contribution in [1.29, 1.82) is 0 Å². The van der Waals surface area contributed by atoms with Gasteiger partial charge in [0.25, 0.3) is 0 Å². The lowest BCUT2D eigenvalue weighted by Gasteiger charge is -2.02. The molecule has 0 atom stereocenters. The zero-order valence-corrected chi connectivity index (χ0v) is 11.2. The van der Waals surface area contributed by atoms with Crippen LogP contribution in [0.4, 0.5) is 0 Å². The summed E-state index contributed by atoms with van der Waals surface area (Å²) in [5.41, 5.74) is 2.36. The van der Waals surface area contributed by atoms with Crippen molar-refractivity contribution in [3.63, 3.8) is 0 Å². The molecule has 0 unspecified atom stereocenters. The molecule has 0 saturated carbocycles. The molecule has 1 aromatic heterocycles. The van der Waals surface area contributed by atoms with Gasteiger partial charge in [-0.15, -0.1) is 0 Å². The Kier molecular flexibility index (Phi) is 3.21. The first-order valence-electron chi connectivity index (χ1n) is 6.51. The lowest BCUT2D eigenvalue weighted by atomic mass is 10.1. The highest BCUT2D eigenvalue weighted by atomic mass is 16.3. The third-order valence-corrected chi connectivity index (χ3v) is 3.29. The molecule has 0 fully saturated rings. The maximum Gasteiger partial charge on any atom is 0.196 e. The summed E-state index contributed by atoms with van der Waals surface area (Å²) >= 11 is 0. The fraction of sp³-hybridized carbons (Fsp3) is 0.0556. The lowest BCUT2D eigenvalue weighted by Crippen LogP contribution is -2.06. The number of benzene rings is 2. The van der Waals surface area contributed by atoms with E-state index < -0.39 is 0 Å². The first kappa shape index (κ1) is 12.4. The second kappa shape index (κ2) is 5.17. The average molecular weight is 262 g/mol. The summed E-state index contributed by atoms with van der Waals surface area (Å²) in [5.74, 6) is 0.609. The van der Waals surface area contributed by atoms with Crippen molar-refractivity contribution in [1.82, 2.24) is 0 Å². The molecule has 3 rings (SSSR count). The van der Waals surface area contributed by atoms with Crippen molar-refractivity contribution in [2.45, 2.75) is 6.92 Å². The van der Waals surface area contributed by atoms with Crippen LogP contribution in [-0.4, -0.2) is 0 Å². The van der Waals surface area contributed by atoms with Crippen molar-refractivity contribution < 1.29 is 4.42 Å². The maximum atomic E-state index is 12.3. The van der Waals surface area contributed by atoms with Crippen molar-refractivity contribution in [2.75, 3.05) is 0 Å². The van der Waals surface area contributed by atoms with Gasteiger partial charge in [-0.1, -0.05) is 48.5 Å². The Morgan fingerprint density at radius 2 is 1.60 bits per heavy atom. The van der Waals surface area contributed by atoms with Crippen LogP contribution in [0.2, 0.25) is 0 Å². The van der Waals surface area contributed by atoms with Gasteiger partial charge in [0.1, 0.15) is 11.3 Å². The van der Waals surface area contributed by atoms with E-state index in [0.717, 1.165) is 5.56 Å². The molecule has 0 aliphatic rings. The molecule has 3 aromatic rings. The summed E-state index contributed by atoms with van der Waals surface area (Å²) in [4.78, 5) is 12.3. The highest BCUT2D eigenvalue weighted by Crippen LogP contribution is 2.17. The van der Waals surface area contributed by atoms with Gasteiger partial charge in [-0.25, -0.2) is 0 Å². The number of hydrogen-bond acceptors (Lipinski definition) is 2. The number of para-hydroxylation sites is 1. The van der Waals surface area contributed by atoms with Gasteiger partial charge in [0, 0.05) is 5.56 Å². The average Bonchev–Trinajstić information content (AvgIpc) is 2.50. The number of fused-ring (bicyclic) bond motifs is 1. The van der Waals surface area contributed by atoms with Crippen molar-refractivity contribution in [3.05, 3.63) is 81.7 Å². The molecule has 98 valence electrons. The molecule has 20 heavy (non-hydrogen) atoms. The summed E-state index contributed by atoms with van der Waals surface area (Å²) in [7, 11) is 0. The Balaban J connectivity index is 2.11. The molecule has 0 aliphatic carbocycles. The third-order valence-electron chi connectivity index (χ3n) is 3.29. The summed E-state index contributed by atoms with van der Waals surface area (Å²) < 4.78 is 5.81. The normalized spacial score (nSPS) is 11.2. The van der Waals surface area contributed by atoms with Gasteiger partial charge in [0.2, 0.25) is 0 Å². The van der Waals surface area contributed by atoms with Gasteiger partial charge < -0.3 is 4.42 Å². The van der Waals surface area contributed by atoms with E-state index in [1.54, 1.807) is 13.0 Å². The zero-order valence-electron chi connectivity index (χ0n) is 11.2. The molecule has 0 radical (unpaired) electrons. The monoisotopic (exact) mass is 262 g/mol. The Hall–Kier alpha value is -2.61. The van der Waals surface area contributed by atoms with E-state index in [1.165, 1.54) is 0 Å². The fourth-order valence-electron chi connectivity index (χ4n) is 2.15. The van der Waals surface area contributed by atoms with Crippen LogP contribution < -0.4 is 5.43 Å². The summed E-state index contributed by atoms with van der Waals surface area (Å²) in [6, 6.07) is 17.2. The van der Waals surface area contributed by atoms with E-state index in [-0.39, 0.29) is 5.43 Å². The van der Waals surface area contributed by atoms with Gasteiger partial charge in [-0.2, -0.15) is 0 Å². The smallest absolute Gasteiger partial charge is 0.196 e. The van der Waals surface area contributed by atoms with Crippen LogP contribution in [0.3, 0.4) is 0 Å². The van der Waals surface area contributed by atoms with Crippen molar-refractivity contribution in [2.24, 2.45) is 0 Å². The fourth-order valence-corrected chi connectivity index (χ4v) is 2.15. The van der Waals surface area contributed by atoms with Crippen molar-refractivity contribution in [3.8, 4) is 0 Å². The van der Waals surface area contributed by atoms with Crippen LogP contribution >= 0.6 is 0 Å². The van der Waals surface area contributed by atoms with Crippen LogP contribution in [0.1, 0.15) is 16.9 Å². The quantitative estimate of drug-likeness (QED) is 0.690. The highest BCUT2D eigenvalue weighted by molar-refractivity contribution is 5.79. The standard InChI is InChI=1S/C18H14O2/c1-13-16(12-11-14-7-3-2-4-8-14)20-17-10-6-5-9-15(17)18(13)19/h2-12H,1H3/b12-11+. The second-order valence-electron chi connectivity index (χ2n) is 4.66. The van der Waals surface area contributed by atoms with Crippen LogP contribution in [-0.2, 0) is 0 Å². The number of rotatable bonds is 2. The zero-order chi connectivity index (χ0) is 13.9. The molecular formula is C18H14O2. The molecule has 2 aromatic carbocycles. The molecule has 2 heteroatoms. The minimum atomic E-state index is 0.0274. The van der Waals surface area contributed by atoms with Gasteiger partial charge in [-0.3, -0.25) is 4.79 Å². The van der Waals surface area contributed by atoms with Crippen LogP contribution in [0.15, 0.2) is 63.8 Å². The molecular weight excluding hydrogens is 248 g/mol. The molecule has 0 aliphatic heterocycles. The summed E-state index contributed by atoms with van der Waals surface area (Å²) in [6.07, 6.45) is 3.79. The summed E-state index contributed by atoms with van der Waals surface area (Å²) in [5, 5.41) is 0.627. The first-order valence-corrected chi connectivity index (χ1v) is 6.51. The Labute approximate surface area is 117 Å². The minimum absolute atomic E-state index is 0.0274. The molecule has 0 amide bonds. The van der Waals surface area contributed by atoms with E-state index in [4.69, 9.17) is 4.42 Å². The van der Waals surface area contributed by atoms with Crippen LogP contribution in [0.5, 0.6) is 0 Å². The topological polar surface area (TPSA) is 30.2 Å². The molecule has 0 bridgehead atoms. The highest BCUT2D eigenvalue weighted by Gasteiger charge is 2.07. The van der Waals surface area contributed by atoms with E-state index in [0.29, 0.717) is 22.3 Å². The Morgan fingerprint density at radius 1 is 0.900 bits per heavy atom. The molecule has 0 saturated heterocycles. The van der Waals surface area contributed by atoms with Crippen LogP contribution in [0, 0.1) is 6.92 Å². The SMILES string of the molecule is Cc1c(/C=C/c2ccccc2)oc2ccccc2c1=O. The van der Waals surface area contributed by atoms with Gasteiger partial charge in [0.15, 0.2) is 5.43 Å². The Morgan fingerprint density at radius 3 is 2.40 bits per heavy atom. The minimum Gasteiger partial charge on any atom is -0.456 e. The maximum absolute atomic E-state index is 12.3. The predicted molar refractivity (Wildman–Crippen MR) is 82.6 cm³/mol.